The van der Waals surface area contributed by atoms with Crippen molar-refractivity contribution in [3.05, 3.63) is 39.7 Å². The molecule has 1 aliphatic carbocycles. The third-order valence-corrected chi connectivity index (χ3v) is 4.89. The van der Waals surface area contributed by atoms with Gasteiger partial charge < -0.3 is 9.72 Å². The minimum Gasteiger partial charge on any atom is -0.424 e. The zero-order valence-corrected chi connectivity index (χ0v) is 15.3. The van der Waals surface area contributed by atoms with E-state index >= 15 is 0 Å². The van der Waals surface area contributed by atoms with E-state index in [4.69, 9.17) is 21.3 Å². The number of nitrogens with zero attached hydrogens (tertiary/aromatic N) is 4. The summed E-state index contributed by atoms with van der Waals surface area (Å²) >= 11 is 5.97. The molecular weight excluding hydrogens is 354 g/mol. The molecule has 7 nitrogen and oxygen atoms in total. The Morgan fingerprint density at radius 1 is 1.31 bits per heavy atom. The highest BCUT2D eigenvalue weighted by Crippen LogP contribution is 2.33. The number of hydrogen-bond acceptors (Lipinski definition) is 5. The minimum atomic E-state index is -0.367. The second-order valence-electron chi connectivity index (χ2n) is 6.59. The van der Waals surface area contributed by atoms with E-state index in [0.717, 1.165) is 25.1 Å². The maximum absolute atomic E-state index is 12.5. The van der Waals surface area contributed by atoms with Crippen LogP contribution >= 0.6 is 11.6 Å². The summed E-state index contributed by atoms with van der Waals surface area (Å²) in [6, 6.07) is 1.84. The van der Waals surface area contributed by atoms with E-state index in [1.54, 1.807) is 6.07 Å². The van der Waals surface area contributed by atoms with E-state index in [9.17, 15) is 4.79 Å². The number of hydrogen-bond donors (Lipinski definition) is 1. The van der Waals surface area contributed by atoms with Gasteiger partial charge in [-0.05, 0) is 19.3 Å². The predicted octanol–water partition coefficient (Wildman–Crippen LogP) is 4.03. The average Bonchev–Trinajstić information content (AvgIpc) is 3.28. The van der Waals surface area contributed by atoms with Gasteiger partial charge in [-0.3, -0.25) is 14.3 Å². The topological polar surface area (TPSA) is 85.7 Å². The molecule has 1 saturated carbocycles. The van der Waals surface area contributed by atoms with Gasteiger partial charge in [-0.15, -0.1) is 0 Å². The molecule has 3 heterocycles. The molecule has 0 radical (unpaired) electrons. The Morgan fingerprint density at radius 3 is 2.85 bits per heavy atom. The maximum Gasteiger partial charge on any atom is 0.307 e. The summed E-state index contributed by atoms with van der Waals surface area (Å²) in [5, 5.41) is 0.455. The molecule has 1 aliphatic rings. The number of aromatic nitrogens is 5. The van der Waals surface area contributed by atoms with Gasteiger partial charge in [0.15, 0.2) is 16.9 Å². The monoisotopic (exact) mass is 373 g/mol. The Kier molecular flexibility index (Phi) is 4.63. The van der Waals surface area contributed by atoms with Crippen LogP contribution < -0.4 is 10.3 Å². The normalized spacial score (nSPS) is 15.0. The van der Waals surface area contributed by atoms with Crippen molar-refractivity contribution in [2.45, 2.75) is 51.5 Å². The molecule has 0 spiro atoms. The lowest BCUT2D eigenvalue weighted by molar-refractivity contribution is 0.402. The third kappa shape index (κ3) is 3.19. The van der Waals surface area contributed by atoms with Crippen molar-refractivity contribution < 1.29 is 4.74 Å². The van der Waals surface area contributed by atoms with Crippen molar-refractivity contribution in [1.29, 1.82) is 0 Å². The number of halogens is 1. The van der Waals surface area contributed by atoms with Crippen molar-refractivity contribution >= 4 is 22.8 Å². The van der Waals surface area contributed by atoms with Gasteiger partial charge in [-0.2, -0.15) is 4.98 Å². The lowest BCUT2D eigenvalue weighted by atomic mass is 10.1. The number of aromatic amines is 1. The van der Waals surface area contributed by atoms with Crippen molar-refractivity contribution in [2.75, 3.05) is 0 Å². The van der Waals surface area contributed by atoms with Gasteiger partial charge in [0, 0.05) is 24.7 Å². The summed E-state index contributed by atoms with van der Waals surface area (Å²) in [5.41, 5.74) is 0.671. The second-order valence-corrected chi connectivity index (χ2v) is 7.03. The number of pyridine rings is 1. The Bertz CT molecular complexity index is 991. The second kappa shape index (κ2) is 7.07. The van der Waals surface area contributed by atoms with Crippen molar-refractivity contribution in [3.8, 4) is 11.8 Å². The molecular formula is C18H20ClN5O2. The standard InChI is InChI=1S/C18H20ClN5O2/c1-2-7-24-16-14(21-15(22-16)11-5-3-4-6-11)17(25)23-18(24)26-13-8-12(19)9-20-10-13/h8-11H,2-7H2,1H3,(H,21,22). The van der Waals surface area contributed by atoms with Gasteiger partial charge in [-0.25, -0.2) is 4.98 Å². The molecule has 1 N–H and O–H groups in total. The molecule has 136 valence electrons. The summed E-state index contributed by atoms with van der Waals surface area (Å²) in [7, 11) is 0. The lowest BCUT2D eigenvalue weighted by Crippen LogP contribution is -2.16. The van der Waals surface area contributed by atoms with Gasteiger partial charge in [0.25, 0.3) is 0 Å². The molecule has 0 aliphatic heterocycles. The highest BCUT2D eigenvalue weighted by atomic mass is 35.5. The van der Waals surface area contributed by atoms with Crippen LogP contribution in [0.4, 0.5) is 0 Å². The Balaban J connectivity index is 1.81. The Labute approximate surface area is 155 Å². The van der Waals surface area contributed by atoms with Gasteiger partial charge in [0.2, 0.25) is 0 Å². The molecule has 0 aromatic carbocycles. The van der Waals surface area contributed by atoms with Crippen LogP contribution in [-0.4, -0.2) is 24.5 Å². The molecule has 0 amide bonds. The molecule has 0 atom stereocenters. The first-order chi connectivity index (χ1) is 12.7. The first-order valence-corrected chi connectivity index (χ1v) is 9.32. The van der Waals surface area contributed by atoms with Crippen molar-refractivity contribution in [3.63, 3.8) is 0 Å². The van der Waals surface area contributed by atoms with Crippen LogP contribution in [-0.2, 0) is 6.54 Å². The van der Waals surface area contributed by atoms with Crippen LogP contribution in [0.1, 0.15) is 50.8 Å². The number of ether oxygens (including phenoxy) is 1. The number of fused-ring (bicyclic) bond motifs is 1. The molecule has 8 heteroatoms. The zero-order valence-electron chi connectivity index (χ0n) is 14.5. The highest BCUT2D eigenvalue weighted by Gasteiger charge is 2.23. The number of imidazole rings is 1. The molecule has 3 aromatic heterocycles. The summed E-state index contributed by atoms with van der Waals surface area (Å²) in [4.78, 5) is 28.6. The van der Waals surface area contributed by atoms with E-state index in [1.165, 1.54) is 25.2 Å². The first kappa shape index (κ1) is 17.0. The summed E-state index contributed by atoms with van der Waals surface area (Å²) < 4.78 is 7.66. The Hall–Kier alpha value is -2.41. The quantitative estimate of drug-likeness (QED) is 0.729. The number of H-pyrrole nitrogens is 1. The fourth-order valence-corrected chi connectivity index (χ4v) is 3.63. The van der Waals surface area contributed by atoms with Crippen molar-refractivity contribution in [1.82, 2.24) is 24.5 Å². The predicted molar refractivity (Wildman–Crippen MR) is 99.0 cm³/mol. The summed E-state index contributed by atoms with van der Waals surface area (Å²) in [6.07, 6.45) is 8.53. The molecule has 0 unspecified atom stereocenters. The van der Waals surface area contributed by atoms with Crippen LogP contribution in [0.2, 0.25) is 5.02 Å². The maximum atomic E-state index is 12.5. The first-order valence-electron chi connectivity index (χ1n) is 8.94. The molecule has 4 rings (SSSR count). The molecule has 0 saturated heterocycles. The summed E-state index contributed by atoms with van der Waals surface area (Å²) in [6.45, 7) is 2.70. The van der Waals surface area contributed by atoms with Gasteiger partial charge in [-0.1, -0.05) is 31.4 Å². The highest BCUT2D eigenvalue weighted by molar-refractivity contribution is 6.30. The minimum absolute atomic E-state index is 0.206. The number of aryl methyl sites for hydroxylation is 1. The zero-order chi connectivity index (χ0) is 18.1. The molecule has 3 aromatic rings. The molecule has 26 heavy (non-hydrogen) atoms. The van der Waals surface area contributed by atoms with Crippen LogP contribution in [0.15, 0.2) is 23.3 Å². The Morgan fingerprint density at radius 2 is 2.12 bits per heavy atom. The van der Waals surface area contributed by atoms with Gasteiger partial charge in [0.1, 0.15) is 5.82 Å². The largest absolute Gasteiger partial charge is 0.424 e. The van der Waals surface area contributed by atoms with Gasteiger partial charge in [0.05, 0.1) is 11.2 Å². The molecule has 1 fully saturated rings. The summed E-state index contributed by atoms with van der Waals surface area (Å²) in [5.74, 6) is 1.70. The lowest BCUT2D eigenvalue weighted by Gasteiger charge is -2.12. The smallest absolute Gasteiger partial charge is 0.307 e. The van der Waals surface area contributed by atoms with Crippen LogP contribution in [0.3, 0.4) is 0 Å². The van der Waals surface area contributed by atoms with Crippen LogP contribution in [0.25, 0.3) is 11.2 Å². The van der Waals surface area contributed by atoms with E-state index in [1.807, 2.05) is 4.57 Å². The van der Waals surface area contributed by atoms with E-state index < -0.39 is 0 Å². The van der Waals surface area contributed by atoms with Crippen molar-refractivity contribution in [2.24, 2.45) is 0 Å². The fraction of sp³-hybridized carbons (Fsp3) is 0.444. The average molecular weight is 374 g/mol. The van der Waals surface area contributed by atoms with E-state index in [2.05, 4.69) is 21.9 Å². The van der Waals surface area contributed by atoms with Crippen LogP contribution in [0.5, 0.6) is 11.8 Å². The number of rotatable bonds is 5. The van der Waals surface area contributed by atoms with Gasteiger partial charge >= 0.3 is 11.6 Å². The van der Waals surface area contributed by atoms with Crippen LogP contribution in [0, 0.1) is 0 Å². The third-order valence-electron chi connectivity index (χ3n) is 4.68. The SMILES string of the molecule is CCCn1c(Oc2cncc(Cl)c2)nc(=O)c2[nH]c(C3CCCC3)nc21. The fourth-order valence-electron chi connectivity index (χ4n) is 3.47. The van der Waals surface area contributed by atoms with E-state index in [0.29, 0.717) is 34.4 Å². The number of nitrogens with one attached hydrogen (secondary N) is 1. The molecule has 0 bridgehead atoms. The van der Waals surface area contributed by atoms with E-state index in [-0.39, 0.29) is 11.6 Å².